The number of hydrogen-bond donors (Lipinski definition) is 3. The van der Waals surface area contributed by atoms with Gasteiger partial charge in [-0.2, -0.15) is 18.4 Å². The summed E-state index contributed by atoms with van der Waals surface area (Å²) in [5.74, 6) is 0.210. The number of anilines is 1. The second kappa shape index (κ2) is 13.6. The van der Waals surface area contributed by atoms with E-state index in [9.17, 15) is 18.0 Å². The predicted molar refractivity (Wildman–Crippen MR) is 179 cm³/mol. The number of hydrogen-bond acceptors (Lipinski definition) is 7. The van der Waals surface area contributed by atoms with Crippen molar-refractivity contribution in [1.29, 1.82) is 16.1 Å². The third-order valence-electron chi connectivity index (χ3n) is 10.1. The van der Waals surface area contributed by atoms with Crippen molar-refractivity contribution in [2.24, 2.45) is 5.92 Å². The molecule has 2 aromatic rings. The number of likely N-dealkylation sites (tertiary alicyclic amines) is 2. The molecule has 2 saturated heterocycles. The van der Waals surface area contributed by atoms with E-state index >= 15 is 0 Å². The number of halogens is 3. The fourth-order valence-corrected chi connectivity index (χ4v) is 7.78. The van der Waals surface area contributed by atoms with Crippen LogP contribution in [0.15, 0.2) is 36.4 Å². The van der Waals surface area contributed by atoms with Crippen LogP contribution >= 0.6 is 0 Å². The average molecular weight is 653 g/mol. The number of carbonyl (C=O) groups excluding carboxylic acids is 1. The largest absolute Gasteiger partial charge is 0.416 e. The van der Waals surface area contributed by atoms with Gasteiger partial charge in [0, 0.05) is 64.5 Å². The molecule has 3 N–H and O–H groups in total. The molecule has 0 aromatic heterocycles. The third-order valence-corrected chi connectivity index (χ3v) is 10.1. The van der Waals surface area contributed by atoms with Crippen LogP contribution in [0.25, 0.3) is 0 Å². The van der Waals surface area contributed by atoms with E-state index < -0.39 is 23.1 Å². The number of fused-ring (bicyclic) bond motifs is 1. The number of carbonyl (C=O) groups is 1. The Labute approximate surface area is 276 Å². The van der Waals surface area contributed by atoms with Crippen LogP contribution in [0.5, 0.6) is 0 Å². The molecule has 0 bridgehead atoms. The molecule has 2 atom stereocenters. The maximum Gasteiger partial charge on any atom is 0.416 e. The van der Waals surface area contributed by atoms with Crippen LogP contribution < -0.4 is 10.2 Å². The minimum Gasteiger partial charge on any atom is -0.324 e. The van der Waals surface area contributed by atoms with Crippen LogP contribution in [0.2, 0.25) is 0 Å². The fourth-order valence-electron chi connectivity index (χ4n) is 7.78. The molecule has 0 unspecified atom stereocenters. The van der Waals surface area contributed by atoms with Gasteiger partial charge in [0.25, 0.3) is 5.91 Å². The lowest BCUT2D eigenvalue weighted by Crippen LogP contribution is -2.52. The zero-order valence-corrected chi connectivity index (χ0v) is 27.6. The van der Waals surface area contributed by atoms with Gasteiger partial charge in [-0.25, -0.2) is 0 Å². The number of nitrogens with zero attached hydrogens (tertiary/aromatic N) is 5. The van der Waals surface area contributed by atoms with Gasteiger partial charge < -0.3 is 20.0 Å². The molecule has 3 fully saturated rings. The summed E-state index contributed by atoms with van der Waals surface area (Å²) in [5.41, 5.74) is 0.411. The molecule has 47 heavy (non-hydrogen) atoms. The smallest absolute Gasteiger partial charge is 0.324 e. The molecule has 3 heterocycles. The Kier molecular flexibility index (Phi) is 9.99. The lowest BCUT2D eigenvalue weighted by molar-refractivity contribution is -0.138. The van der Waals surface area contributed by atoms with E-state index in [0.29, 0.717) is 42.6 Å². The quantitative estimate of drug-likeness (QED) is 0.182. The Hall–Kier alpha value is -3.95. The van der Waals surface area contributed by atoms with Crippen LogP contribution in [0, 0.1) is 28.2 Å². The molecule has 4 aliphatic rings. The van der Waals surface area contributed by atoms with Gasteiger partial charge >= 0.3 is 6.18 Å². The molecule has 0 radical (unpaired) electrons. The van der Waals surface area contributed by atoms with Crippen molar-refractivity contribution in [2.75, 3.05) is 38.1 Å². The molecule has 0 spiro atoms. The highest BCUT2D eigenvalue weighted by atomic mass is 19.4. The number of rotatable bonds is 8. The molecular formula is C35H47F3N8O. The van der Waals surface area contributed by atoms with E-state index in [1.165, 1.54) is 15.9 Å². The number of amides is 1. The molecule has 254 valence electrons. The lowest BCUT2D eigenvalue weighted by Gasteiger charge is -2.48. The van der Waals surface area contributed by atoms with Gasteiger partial charge in [0.2, 0.25) is 0 Å². The fraction of sp³-hybridized carbons (Fsp3) is 0.543. The van der Waals surface area contributed by atoms with E-state index in [1.807, 2.05) is 26.0 Å². The van der Waals surface area contributed by atoms with Crippen LogP contribution in [0.1, 0.15) is 80.5 Å². The van der Waals surface area contributed by atoms with Crippen molar-refractivity contribution >= 4 is 23.8 Å². The first-order chi connectivity index (χ1) is 22.4. The van der Waals surface area contributed by atoms with Gasteiger partial charge in [-0.05, 0) is 72.6 Å². The Balaban J connectivity index is 0.00000170. The van der Waals surface area contributed by atoms with E-state index in [1.54, 1.807) is 30.1 Å². The zero-order valence-electron chi connectivity index (χ0n) is 27.6. The Morgan fingerprint density at radius 1 is 1.19 bits per heavy atom. The maximum atomic E-state index is 14.4. The molecule has 2 aromatic carbocycles. The van der Waals surface area contributed by atoms with Gasteiger partial charge in [0.15, 0.2) is 6.19 Å². The highest BCUT2D eigenvalue weighted by Crippen LogP contribution is 2.50. The van der Waals surface area contributed by atoms with Gasteiger partial charge in [0.1, 0.15) is 5.84 Å². The zero-order chi connectivity index (χ0) is 34.1. The number of likely N-dealkylation sites (N-methyl/N-ethyl adjacent to an activating group) is 1. The summed E-state index contributed by atoms with van der Waals surface area (Å²) >= 11 is 0. The number of nitriles is 1. The van der Waals surface area contributed by atoms with Crippen LogP contribution in [-0.2, 0) is 24.7 Å². The van der Waals surface area contributed by atoms with Gasteiger partial charge in [-0.3, -0.25) is 20.5 Å². The normalized spacial score (nSPS) is 25.5. The molecule has 3 aliphatic heterocycles. The molecule has 1 saturated carbocycles. The first-order valence-electron chi connectivity index (χ1n) is 16.5. The second-order valence-corrected chi connectivity index (χ2v) is 13.1. The van der Waals surface area contributed by atoms with Crippen molar-refractivity contribution in [3.63, 3.8) is 0 Å². The van der Waals surface area contributed by atoms with E-state index in [2.05, 4.69) is 23.3 Å². The number of alkyl halides is 3. The van der Waals surface area contributed by atoms with E-state index in [0.717, 1.165) is 44.4 Å². The monoisotopic (exact) mass is 652 g/mol. The van der Waals surface area contributed by atoms with Crippen LogP contribution in [0.3, 0.4) is 0 Å². The molecule has 1 amide bonds. The van der Waals surface area contributed by atoms with Gasteiger partial charge in [0.05, 0.1) is 23.9 Å². The van der Waals surface area contributed by atoms with Crippen molar-refractivity contribution in [2.45, 2.75) is 83.2 Å². The van der Waals surface area contributed by atoms with Crippen LogP contribution in [-0.4, -0.2) is 78.1 Å². The molecular weight excluding hydrogens is 605 g/mol. The average Bonchev–Trinajstić information content (AvgIpc) is 3.81. The third kappa shape index (κ3) is 6.61. The summed E-state index contributed by atoms with van der Waals surface area (Å²) < 4.78 is 43.2. The molecule has 6 rings (SSSR count). The molecule has 12 heteroatoms. The molecule has 1 aliphatic carbocycles. The standard InChI is InChI=1S/C33H39F3N8O.C2H6.H2/c1-21-13-32(14-21,31(39)41(2)19-37)23-4-3-5-25(12-23)44-18-28-27(30(44)45)10-22(11-29(28)33(34,35)36)15-40-24-6-9-43(16-24)26-7-8-42(17-26)20-38;1-2;/h3-5,10-12,19,21,24,26,37,39-40H,6-9,13-18H2,1-2H3;1-2H3;1H/t21?,24-,26-,32?;;/m0../s1. The van der Waals surface area contributed by atoms with Crippen LogP contribution in [0.4, 0.5) is 18.9 Å². The van der Waals surface area contributed by atoms with Gasteiger partial charge in [-0.1, -0.05) is 32.9 Å². The maximum absolute atomic E-state index is 14.4. The highest BCUT2D eigenvalue weighted by Gasteiger charge is 2.49. The Morgan fingerprint density at radius 2 is 1.94 bits per heavy atom. The number of benzene rings is 2. The minimum atomic E-state index is -4.62. The van der Waals surface area contributed by atoms with E-state index in [-0.39, 0.29) is 37.5 Å². The topological polar surface area (TPSA) is 114 Å². The summed E-state index contributed by atoms with van der Waals surface area (Å²) in [5, 5.41) is 29.0. The number of amidine groups is 1. The highest BCUT2D eigenvalue weighted by molar-refractivity contribution is 6.10. The summed E-state index contributed by atoms with van der Waals surface area (Å²) in [7, 11) is 1.66. The Morgan fingerprint density at radius 3 is 2.57 bits per heavy atom. The minimum absolute atomic E-state index is 0. The first kappa shape index (κ1) is 34.4. The summed E-state index contributed by atoms with van der Waals surface area (Å²) in [6, 6.07) is 10.5. The summed E-state index contributed by atoms with van der Waals surface area (Å²) in [6.45, 7) is 9.27. The van der Waals surface area contributed by atoms with Crippen molar-refractivity contribution in [3.05, 3.63) is 64.2 Å². The van der Waals surface area contributed by atoms with Gasteiger partial charge in [-0.15, -0.1) is 0 Å². The van der Waals surface area contributed by atoms with E-state index in [4.69, 9.17) is 16.1 Å². The van der Waals surface area contributed by atoms with Crippen molar-refractivity contribution < 1.29 is 19.4 Å². The second-order valence-electron chi connectivity index (χ2n) is 13.1. The first-order valence-corrected chi connectivity index (χ1v) is 16.5. The Bertz CT molecular complexity index is 1550. The summed E-state index contributed by atoms with van der Waals surface area (Å²) in [6.07, 6.45) is 1.93. The predicted octanol–water partition coefficient (Wildman–Crippen LogP) is 6.04. The lowest BCUT2D eigenvalue weighted by atomic mass is 9.58. The number of nitrogens with one attached hydrogen (secondary N) is 3. The summed E-state index contributed by atoms with van der Waals surface area (Å²) in [4.78, 5) is 20.7. The molecule has 9 nitrogen and oxygen atoms in total. The van der Waals surface area contributed by atoms with Crippen molar-refractivity contribution in [3.8, 4) is 6.19 Å². The SMILES string of the molecule is CC.CC1CC(C(=N)N(C)C=N)(c2cccc(N3Cc4c(cc(CN[C@H]5CCN([C@H]6CCN(C#N)C6)C5)cc4C(F)(F)F)C3=O)c2)C1.[HH]. The van der Waals surface area contributed by atoms with Crippen molar-refractivity contribution in [1.82, 2.24) is 20.0 Å².